The van der Waals surface area contributed by atoms with Crippen LogP contribution in [0.2, 0.25) is 0 Å². The maximum absolute atomic E-state index is 10.6. The van der Waals surface area contributed by atoms with Gasteiger partial charge >= 0.3 is 12.1 Å². The van der Waals surface area contributed by atoms with Gasteiger partial charge in [0.1, 0.15) is 0 Å². The van der Waals surface area contributed by atoms with Crippen molar-refractivity contribution in [1.82, 2.24) is 15.1 Å². The van der Waals surface area contributed by atoms with Crippen LogP contribution in [0.25, 0.3) is 0 Å². The van der Waals surface area contributed by atoms with Crippen LogP contribution >= 0.6 is 0 Å². The zero-order chi connectivity index (χ0) is 20.3. The van der Waals surface area contributed by atoms with E-state index in [-0.39, 0.29) is 0 Å². The normalized spacial score (nSPS) is 28.6. The summed E-state index contributed by atoms with van der Waals surface area (Å²) in [6.45, 7) is 6.08. The van der Waals surface area contributed by atoms with E-state index in [4.69, 9.17) is 19.1 Å². The molecule has 2 aliphatic heterocycles. The molecule has 28 heavy (non-hydrogen) atoms. The molecule has 0 aromatic carbocycles. The molecule has 0 bridgehead atoms. The minimum absolute atomic E-state index is 0.299. The summed E-state index contributed by atoms with van der Waals surface area (Å²) in [5.74, 6) is 0.417. The van der Waals surface area contributed by atoms with Crippen molar-refractivity contribution < 1.29 is 32.2 Å². The predicted octanol–water partition coefficient (Wildman–Crippen LogP) is 3.01. The minimum Gasteiger partial charge on any atom is -0.475 e. The van der Waals surface area contributed by atoms with Gasteiger partial charge in [-0.15, -0.1) is 10.2 Å². The lowest BCUT2D eigenvalue weighted by molar-refractivity contribution is -0.192. The summed E-state index contributed by atoms with van der Waals surface area (Å²) in [6.07, 6.45) is 2.39. The summed E-state index contributed by atoms with van der Waals surface area (Å²) in [5, 5.41) is 15.3. The molecule has 1 N–H and O–H groups in total. The van der Waals surface area contributed by atoms with Crippen molar-refractivity contribution in [2.75, 3.05) is 26.2 Å². The van der Waals surface area contributed by atoms with Crippen LogP contribution in [-0.2, 0) is 9.53 Å². The van der Waals surface area contributed by atoms with Crippen LogP contribution in [-0.4, -0.2) is 64.7 Å². The monoisotopic (exact) mass is 405 g/mol. The average Bonchev–Trinajstić information content (AvgIpc) is 3.31. The molecular formula is C18H26F3N3O4. The highest BCUT2D eigenvalue weighted by Crippen LogP contribution is 2.40. The molecule has 2 saturated heterocycles. The van der Waals surface area contributed by atoms with E-state index in [9.17, 15) is 13.2 Å². The SMILES string of the molecule is Cc1nnc([C@H]2CO[C@@H]3CN(CC4CCCCC4)C[C@H]23)o1.O=C(O)C(F)(F)F. The molecule has 1 aromatic rings. The molecule has 10 heteroatoms. The van der Waals surface area contributed by atoms with Gasteiger partial charge in [0.25, 0.3) is 0 Å². The third-order valence-electron chi connectivity index (χ3n) is 5.73. The van der Waals surface area contributed by atoms with Crippen molar-refractivity contribution in [3.05, 3.63) is 11.8 Å². The third kappa shape index (κ3) is 5.22. The largest absolute Gasteiger partial charge is 0.490 e. The zero-order valence-electron chi connectivity index (χ0n) is 15.8. The van der Waals surface area contributed by atoms with E-state index in [1.54, 1.807) is 0 Å². The number of alkyl halides is 3. The molecule has 1 aliphatic carbocycles. The Balaban J connectivity index is 0.000000279. The van der Waals surface area contributed by atoms with Crippen molar-refractivity contribution >= 4 is 5.97 Å². The van der Waals surface area contributed by atoms with Gasteiger partial charge in [-0.3, -0.25) is 0 Å². The number of carboxylic acids is 1. The van der Waals surface area contributed by atoms with Gasteiger partial charge in [0.15, 0.2) is 0 Å². The third-order valence-corrected chi connectivity index (χ3v) is 5.73. The lowest BCUT2D eigenvalue weighted by Gasteiger charge is -2.27. The number of aryl methyl sites for hydroxylation is 1. The summed E-state index contributed by atoms with van der Waals surface area (Å²) in [6, 6.07) is 0. The molecule has 0 spiro atoms. The smallest absolute Gasteiger partial charge is 0.475 e. The standard InChI is InChI=1S/C16H25N3O2.C2HF3O2/c1-11-17-18-16(21-11)14-10-20-15-9-19(8-13(14)15)7-12-5-3-2-4-6-12;3-2(4,5)1(6)7/h12-15H,2-10H2,1H3;(H,6,7)/t13-,14+,15-;/m1./s1. The average molecular weight is 405 g/mol. The molecule has 7 nitrogen and oxygen atoms in total. The fourth-order valence-corrected chi connectivity index (χ4v) is 4.39. The quantitative estimate of drug-likeness (QED) is 0.827. The first-order valence-corrected chi connectivity index (χ1v) is 9.68. The molecule has 4 rings (SSSR count). The lowest BCUT2D eigenvalue weighted by Crippen LogP contribution is -2.30. The van der Waals surface area contributed by atoms with E-state index in [0.717, 1.165) is 31.5 Å². The molecule has 158 valence electrons. The van der Waals surface area contributed by atoms with Gasteiger partial charge in [0.2, 0.25) is 11.8 Å². The number of ether oxygens (including phenoxy) is 1. The number of aromatic nitrogens is 2. The molecule has 3 heterocycles. The van der Waals surface area contributed by atoms with Gasteiger partial charge in [-0.1, -0.05) is 19.3 Å². The van der Waals surface area contributed by atoms with Crippen LogP contribution in [0.4, 0.5) is 13.2 Å². The second-order valence-electron chi connectivity index (χ2n) is 7.83. The number of rotatable bonds is 3. The Morgan fingerprint density at radius 1 is 1.21 bits per heavy atom. The van der Waals surface area contributed by atoms with Crippen LogP contribution in [0.5, 0.6) is 0 Å². The van der Waals surface area contributed by atoms with E-state index in [2.05, 4.69) is 15.1 Å². The van der Waals surface area contributed by atoms with Gasteiger partial charge < -0.3 is 19.2 Å². The van der Waals surface area contributed by atoms with E-state index in [1.165, 1.54) is 38.6 Å². The number of nitrogens with zero attached hydrogens (tertiary/aromatic N) is 3. The number of fused-ring (bicyclic) bond motifs is 1. The second kappa shape index (κ2) is 8.77. The molecule has 1 aromatic heterocycles. The fraction of sp³-hybridized carbons (Fsp3) is 0.833. The number of halogens is 3. The number of carboxylic acid groups (broad SMARTS) is 1. The Kier molecular flexibility index (Phi) is 6.59. The minimum atomic E-state index is -5.08. The molecule has 3 atom stereocenters. The first-order chi connectivity index (χ1) is 13.2. The van der Waals surface area contributed by atoms with E-state index in [1.807, 2.05) is 6.92 Å². The summed E-state index contributed by atoms with van der Waals surface area (Å²) in [7, 11) is 0. The highest BCUT2D eigenvalue weighted by molar-refractivity contribution is 5.73. The van der Waals surface area contributed by atoms with Gasteiger partial charge in [-0.2, -0.15) is 13.2 Å². The van der Waals surface area contributed by atoms with Crippen molar-refractivity contribution in [3.8, 4) is 0 Å². The molecule has 3 fully saturated rings. The maximum Gasteiger partial charge on any atom is 0.490 e. The van der Waals surface area contributed by atoms with Gasteiger partial charge in [-0.05, 0) is 18.8 Å². The zero-order valence-corrected chi connectivity index (χ0v) is 15.8. The number of aliphatic carboxylic acids is 1. The van der Waals surface area contributed by atoms with Crippen molar-refractivity contribution in [2.45, 2.75) is 57.2 Å². The van der Waals surface area contributed by atoms with Crippen molar-refractivity contribution in [1.29, 1.82) is 0 Å². The Labute approximate surface area is 161 Å². The molecule has 0 unspecified atom stereocenters. The number of hydrogen-bond acceptors (Lipinski definition) is 6. The molecule has 0 radical (unpaired) electrons. The fourth-order valence-electron chi connectivity index (χ4n) is 4.39. The molecule has 1 saturated carbocycles. The van der Waals surface area contributed by atoms with E-state index >= 15 is 0 Å². The van der Waals surface area contributed by atoms with Gasteiger partial charge in [0, 0.05) is 32.5 Å². The van der Waals surface area contributed by atoms with Crippen LogP contribution in [0, 0.1) is 18.8 Å². The Hall–Kier alpha value is -1.68. The Morgan fingerprint density at radius 2 is 1.89 bits per heavy atom. The first kappa shape index (κ1) is 21.0. The summed E-state index contributed by atoms with van der Waals surface area (Å²) >= 11 is 0. The second-order valence-corrected chi connectivity index (χ2v) is 7.83. The lowest BCUT2D eigenvalue weighted by atomic mass is 9.89. The van der Waals surface area contributed by atoms with E-state index in [0.29, 0.717) is 23.8 Å². The summed E-state index contributed by atoms with van der Waals surface area (Å²) < 4.78 is 43.4. The molecule has 3 aliphatic rings. The topological polar surface area (TPSA) is 88.7 Å². The highest BCUT2D eigenvalue weighted by atomic mass is 19.4. The van der Waals surface area contributed by atoms with Crippen molar-refractivity contribution in [3.63, 3.8) is 0 Å². The highest BCUT2D eigenvalue weighted by Gasteiger charge is 2.46. The number of likely N-dealkylation sites (tertiary alicyclic amines) is 1. The van der Waals surface area contributed by atoms with E-state index < -0.39 is 12.1 Å². The van der Waals surface area contributed by atoms with Gasteiger partial charge in [-0.25, -0.2) is 4.79 Å². The predicted molar refractivity (Wildman–Crippen MR) is 91.7 cm³/mol. The van der Waals surface area contributed by atoms with Crippen LogP contribution in [0.15, 0.2) is 4.42 Å². The van der Waals surface area contributed by atoms with Crippen LogP contribution in [0.1, 0.15) is 49.8 Å². The number of carbonyl (C=O) groups is 1. The van der Waals surface area contributed by atoms with Gasteiger partial charge in [0.05, 0.1) is 18.6 Å². The van der Waals surface area contributed by atoms with Crippen LogP contribution in [0.3, 0.4) is 0 Å². The molecular weight excluding hydrogens is 379 g/mol. The Morgan fingerprint density at radius 3 is 2.46 bits per heavy atom. The Bertz CT molecular complexity index is 661. The van der Waals surface area contributed by atoms with Crippen LogP contribution < -0.4 is 0 Å². The summed E-state index contributed by atoms with van der Waals surface area (Å²) in [4.78, 5) is 11.5. The number of hydrogen-bond donors (Lipinski definition) is 1. The summed E-state index contributed by atoms with van der Waals surface area (Å²) in [5.41, 5.74) is 0. The van der Waals surface area contributed by atoms with Crippen molar-refractivity contribution in [2.24, 2.45) is 11.8 Å². The maximum atomic E-state index is 10.6. The molecule has 0 amide bonds. The first-order valence-electron chi connectivity index (χ1n) is 9.68.